The molecule has 0 atom stereocenters. The Labute approximate surface area is 177 Å². The summed E-state index contributed by atoms with van der Waals surface area (Å²) >= 11 is 0. The molecule has 0 spiro atoms. The second-order valence-electron chi connectivity index (χ2n) is 6.83. The van der Waals surface area contributed by atoms with Gasteiger partial charge in [-0.3, -0.25) is 10.2 Å². The SMILES string of the molecule is Cc1cc(C#CCNc2cc(C(=N)N)ccc2O)ccc1C(=O)N1CCCC1.Cl. The van der Waals surface area contributed by atoms with Crippen LogP contribution in [0.3, 0.4) is 0 Å². The van der Waals surface area contributed by atoms with Gasteiger partial charge in [0, 0.05) is 29.8 Å². The van der Waals surface area contributed by atoms with E-state index in [0.29, 0.717) is 17.8 Å². The number of amides is 1. The number of nitrogen functional groups attached to an aromatic ring is 1. The Morgan fingerprint density at radius 3 is 2.62 bits per heavy atom. The number of nitrogens with zero attached hydrogens (tertiary/aromatic N) is 1. The molecule has 1 amide bonds. The summed E-state index contributed by atoms with van der Waals surface area (Å²) in [6.45, 7) is 3.92. The number of amidine groups is 1. The van der Waals surface area contributed by atoms with Gasteiger partial charge >= 0.3 is 0 Å². The third-order valence-electron chi connectivity index (χ3n) is 4.76. The summed E-state index contributed by atoms with van der Waals surface area (Å²) in [5.41, 5.74) is 8.96. The van der Waals surface area contributed by atoms with E-state index in [1.54, 1.807) is 12.1 Å². The van der Waals surface area contributed by atoms with E-state index in [4.69, 9.17) is 11.1 Å². The van der Waals surface area contributed by atoms with E-state index >= 15 is 0 Å². The monoisotopic (exact) mass is 412 g/mol. The maximum absolute atomic E-state index is 12.5. The third-order valence-corrected chi connectivity index (χ3v) is 4.76. The number of carbonyl (C=O) groups is 1. The lowest BCUT2D eigenvalue weighted by atomic mass is 10.0. The molecule has 5 N–H and O–H groups in total. The van der Waals surface area contributed by atoms with Crippen LogP contribution in [0.4, 0.5) is 5.69 Å². The molecule has 7 heteroatoms. The highest BCUT2D eigenvalue weighted by atomic mass is 35.5. The molecule has 0 aliphatic carbocycles. The summed E-state index contributed by atoms with van der Waals surface area (Å²) in [4.78, 5) is 14.4. The van der Waals surface area contributed by atoms with Crippen LogP contribution in [0, 0.1) is 24.2 Å². The van der Waals surface area contributed by atoms with Gasteiger partial charge in [0.1, 0.15) is 11.6 Å². The van der Waals surface area contributed by atoms with Gasteiger partial charge in [0.2, 0.25) is 0 Å². The molecule has 1 heterocycles. The second kappa shape index (κ2) is 9.85. The molecule has 2 aromatic carbocycles. The molecular weight excluding hydrogens is 388 g/mol. The van der Waals surface area contributed by atoms with Crippen LogP contribution in [0.1, 0.15) is 39.9 Å². The van der Waals surface area contributed by atoms with Crippen LogP contribution in [0.15, 0.2) is 36.4 Å². The number of rotatable bonds is 4. The molecule has 1 saturated heterocycles. The number of aromatic hydroxyl groups is 1. The number of carbonyl (C=O) groups excluding carboxylic acids is 1. The Morgan fingerprint density at radius 2 is 1.97 bits per heavy atom. The molecule has 0 bridgehead atoms. The van der Waals surface area contributed by atoms with Crippen LogP contribution >= 0.6 is 12.4 Å². The van der Waals surface area contributed by atoms with Crippen LogP contribution in [0.5, 0.6) is 5.75 Å². The summed E-state index contributed by atoms with van der Waals surface area (Å²) < 4.78 is 0. The minimum atomic E-state index is -0.0619. The van der Waals surface area contributed by atoms with Gasteiger partial charge in [-0.1, -0.05) is 11.8 Å². The lowest BCUT2D eigenvalue weighted by molar-refractivity contribution is 0.0792. The standard InChI is InChI=1S/C22H24N4O2.ClH/c1-15-13-16(6-8-18(15)22(28)26-11-2-3-12-26)5-4-10-25-19-14-17(21(23)24)7-9-20(19)27;/h6-9,13-14,25,27H,2-3,10-12H2,1H3,(H3,23,24);1H. The highest BCUT2D eigenvalue weighted by Gasteiger charge is 2.20. The van der Waals surface area contributed by atoms with Gasteiger partial charge in [-0.2, -0.15) is 0 Å². The number of likely N-dealkylation sites (tertiary alicyclic amines) is 1. The van der Waals surface area contributed by atoms with Crippen LogP contribution < -0.4 is 11.1 Å². The van der Waals surface area contributed by atoms with E-state index < -0.39 is 0 Å². The molecule has 1 aliphatic heterocycles. The van der Waals surface area contributed by atoms with Crippen molar-refractivity contribution in [3.63, 3.8) is 0 Å². The number of nitrogens with one attached hydrogen (secondary N) is 2. The molecule has 6 nitrogen and oxygen atoms in total. The van der Waals surface area contributed by atoms with Crippen LogP contribution in [-0.2, 0) is 0 Å². The Bertz CT molecular complexity index is 973. The molecule has 0 radical (unpaired) electrons. The molecule has 0 aromatic heterocycles. The van der Waals surface area contributed by atoms with Crippen molar-refractivity contribution in [2.24, 2.45) is 5.73 Å². The summed E-state index contributed by atoms with van der Waals surface area (Å²) in [7, 11) is 0. The van der Waals surface area contributed by atoms with Crippen LogP contribution in [-0.4, -0.2) is 41.4 Å². The van der Waals surface area contributed by atoms with E-state index in [1.165, 1.54) is 6.07 Å². The highest BCUT2D eigenvalue weighted by Crippen LogP contribution is 2.23. The fourth-order valence-electron chi connectivity index (χ4n) is 3.20. The highest BCUT2D eigenvalue weighted by molar-refractivity contribution is 5.96. The number of hydrogen-bond donors (Lipinski definition) is 4. The maximum Gasteiger partial charge on any atom is 0.254 e. The first-order chi connectivity index (χ1) is 13.5. The number of hydrogen-bond acceptors (Lipinski definition) is 4. The van der Waals surface area contributed by atoms with E-state index in [9.17, 15) is 9.90 Å². The first kappa shape index (κ1) is 22.1. The van der Waals surface area contributed by atoms with Crippen LogP contribution in [0.25, 0.3) is 0 Å². The van der Waals surface area contributed by atoms with Gasteiger partial charge in [-0.05, 0) is 61.7 Å². The quantitative estimate of drug-likeness (QED) is 0.268. The van der Waals surface area contributed by atoms with Crippen molar-refractivity contribution in [2.75, 3.05) is 25.0 Å². The van der Waals surface area contributed by atoms with Crippen LogP contribution in [0.2, 0.25) is 0 Å². The average molecular weight is 413 g/mol. The van der Waals surface area contributed by atoms with Gasteiger partial charge < -0.3 is 21.1 Å². The number of anilines is 1. The fourth-order valence-corrected chi connectivity index (χ4v) is 3.20. The Kier molecular flexibility index (Phi) is 7.52. The van der Waals surface area contributed by atoms with E-state index in [2.05, 4.69) is 17.2 Å². The minimum absolute atomic E-state index is 0. The van der Waals surface area contributed by atoms with Gasteiger partial charge in [0.05, 0.1) is 12.2 Å². The molecule has 152 valence electrons. The molecular formula is C22H25ClN4O2. The zero-order valence-corrected chi connectivity index (χ0v) is 17.1. The predicted octanol–water partition coefficient (Wildman–Crippen LogP) is 3.11. The van der Waals surface area contributed by atoms with Crippen molar-refractivity contribution < 1.29 is 9.90 Å². The molecule has 2 aromatic rings. The Balaban J connectivity index is 0.00000300. The summed E-state index contributed by atoms with van der Waals surface area (Å²) in [6, 6.07) is 10.3. The lowest BCUT2D eigenvalue weighted by Crippen LogP contribution is -2.28. The van der Waals surface area contributed by atoms with Gasteiger partial charge in [0.25, 0.3) is 5.91 Å². The minimum Gasteiger partial charge on any atom is -0.506 e. The topological polar surface area (TPSA) is 102 Å². The lowest BCUT2D eigenvalue weighted by Gasteiger charge is -2.16. The zero-order chi connectivity index (χ0) is 20.1. The zero-order valence-electron chi connectivity index (χ0n) is 16.3. The largest absolute Gasteiger partial charge is 0.506 e. The van der Waals surface area contributed by atoms with Crippen molar-refractivity contribution in [1.82, 2.24) is 4.90 Å². The number of halogens is 1. The van der Waals surface area contributed by atoms with E-state index in [1.807, 2.05) is 30.0 Å². The Morgan fingerprint density at radius 1 is 1.24 bits per heavy atom. The molecule has 3 rings (SSSR count). The first-order valence-corrected chi connectivity index (χ1v) is 9.26. The third kappa shape index (κ3) is 5.43. The van der Waals surface area contributed by atoms with Gasteiger partial charge in [-0.15, -0.1) is 12.4 Å². The fraction of sp³-hybridized carbons (Fsp3) is 0.273. The molecule has 0 saturated carbocycles. The van der Waals surface area contributed by atoms with Crippen molar-refractivity contribution in [1.29, 1.82) is 5.41 Å². The summed E-state index contributed by atoms with van der Waals surface area (Å²) in [5.74, 6) is 6.18. The maximum atomic E-state index is 12.5. The van der Waals surface area contributed by atoms with E-state index in [-0.39, 0.29) is 29.9 Å². The van der Waals surface area contributed by atoms with E-state index in [0.717, 1.165) is 42.6 Å². The second-order valence-corrected chi connectivity index (χ2v) is 6.83. The van der Waals surface area contributed by atoms with Gasteiger partial charge in [0.15, 0.2) is 0 Å². The summed E-state index contributed by atoms with van der Waals surface area (Å²) in [6.07, 6.45) is 2.15. The number of aryl methyl sites for hydroxylation is 1. The Hall–Kier alpha value is -3.17. The van der Waals surface area contributed by atoms with Crippen molar-refractivity contribution in [3.8, 4) is 17.6 Å². The van der Waals surface area contributed by atoms with Crippen molar-refractivity contribution >= 4 is 29.8 Å². The molecule has 1 fully saturated rings. The molecule has 0 unspecified atom stereocenters. The molecule has 1 aliphatic rings. The smallest absolute Gasteiger partial charge is 0.254 e. The predicted molar refractivity (Wildman–Crippen MR) is 118 cm³/mol. The summed E-state index contributed by atoms with van der Waals surface area (Å²) in [5, 5.41) is 20.4. The first-order valence-electron chi connectivity index (χ1n) is 9.26. The molecule has 29 heavy (non-hydrogen) atoms. The van der Waals surface area contributed by atoms with Crippen molar-refractivity contribution in [2.45, 2.75) is 19.8 Å². The number of phenolic OH excluding ortho intramolecular Hbond substituents is 1. The number of nitrogens with two attached hydrogens (primary N) is 1. The van der Waals surface area contributed by atoms with Crippen molar-refractivity contribution in [3.05, 3.63) is 58.7 Å². The number of benzene rings is 2. The number of phenols is 1. The average Bonchev–Trinajstić information content (AvgIpc) is 3.20. The normalized spacial score (nSPS) is 12.5. The van der Waals surface area contributed by atoms with Gasteiger partial charge in [-0.25, -0.2) is 0 Å².